The first-order valence-electron chi connectivity index (χ1n) is 9.38. The smallest absolute Gasteiger partial charge is 0.242 e. The zero-order valence-corrected chi connectivity index (χ0v) is 16.4. The third-order valence-electron chi connectivity index (χ3n) is 4.64. The predicted molar refractivity (Wildman–Crippen MR) is 108 cm³/mol. The molecular formula is C22H22N4O3. The van der Waals surface area contributed by atoms with Crippen LogP contribution in [0.1, 0.15) is 17.3 Å². The van der Waals surface area contributed by atoms with Crippen LogP contribution in [0.3, 0.4) is 0 Å². The molecule has 2 heterocycles. The van der Waals surface area contributed by atoms with E-state index in [1.165, 1.54) is 0 Å². The molecule has 0 aliphatic rings. The van der Waals surface area contributed by atoms with E-state index in [1.54, 1.807) is 11.9 Å². The predicted octanol–water partition coefficient (Wildman–Crippen LogP) is 3.57. The third-order valence-corrected chi connectivity index (χ3v) is 4.64. The van der Waals surface area contributed by atoms with Crippen LogP contribution in [0.2, 0.25) is 0 Å². The Kier molecular flexibility index (Phi) is 5.29. The van der Waals surface area contributed by atoms with Crippen LogP contribution in [0.15, 0.2) is 65.2 Å². The number of amides is 1. The molecule has 0 aliphatic heterocycles. The minimum atomic E-state index is -0.0465. The highest BCUT2D eigenvalue weighted by Crippen LogP contribution is 2.19. The normalized spacial score (nSPS) is 11.0. The Hall–Kier alpha value is -3.61. The van der Waals surface area contributed by atoms with Gasteiger partial charge in [-0.25, -0.2) is 4.98 Å². The first-order chi connectivity index (χ1) is 14.1. The average Bonchev–Trinajstić information content (AvgIpc) is 3.30. The maximum atomic E-state index is 12.9. The van der Waals surface area contributed by atoms with Crippen LogP contribution in [-0.2, 0) is 24.5 Å². The minimum Gasteiger partial charge on any atom is -0.486 e. The average molecular weight is 390 g/mol. The Balaban J connectivity index is 1.54. The van der Waals surface area contributed by atoms with E-state index in [0.29, 0.717) is 12.4 Å². The lowest BCUT2D eigenvalue weighted by Crippen LogP contribution is -2.30. The number of ether oxygens (including phenoxy) is 1. The molecule has 0 bridgehead atoms. The Bertz CT molecular complexity index is 1120. The van der Waals surface area contributed by atoms with Gasteiger partial charge >= 0.3 is 0 Å². The number of aryl methyl sites for hydroxylation is 1. The number of benzene rings is 2. The van der Waals surface area contributed by atoms with Gasteiger partial charge in [0.1, 0.15) is 36.2 Å². The van der Waals surface area contributed by atoms with Crippen molar-refractivity contribution >= 4 is 16.9 Å². The standard InChI is InChI=1S/C22H22N4O3/c1-16-12-17(24-29-16)13-25(2)22(27)14-26-20-11-7-6-10-19(20)23-21(26)15-28-18-8-4-3-5-9-18/h3-12H,13-15H2,1-2H3. The Morgan fingerprint density at radius 3 is 2.66 bits per heavy atom. The van der Waals surface area contributed by atoms with Gasteiger partial charge in [-0.1, -0.05) is 35.5 Å². The number of rotatable bonds is 7. The van der Waals surface area contributed by atoms with Crippen molar-refractivity contribution in [3.05, 3.63) is 77.9 Å². The maximum absolute atomic E-state index is 12.9. The topological polar surface area (TPSA) is 73.4 Å². The Morgan fingerprint density at radius 1 is 1.14 bits per heavy atom. The molecule has 148 valence electrons. The molecule has 2 aromatic heterocycles. The highest BCUT2D eigenvalue weighted by molar-refractivity contribution is 5.81. The molecule has 1 amide bonds. The van der Waals surface area contributed by atoms with Gasteiger partial charge < -0.3 is 18.7 Å². The molecule has 0 aliphatic carbocycles. The van der Waals surface area contributed by atoms with Crippen LogP contribution in [-0.4, -0.2) is 32.6 Å². The summed E-state index contributed by atoms with van der Waals surface area (Å²) in [5.41, 5.74) is 2.46. The molecule has 7 nitrogen and oxygen atoms in total. The summed E-state index contributed by atoms with van der Waals surface area (Å²) in [5.74, 6) is 2.14. The second-order valence-electron chi connectivity index (χ2n) is 6.88. The molecule has 29 heavy (non-hydrogen) atoms. The fraction of sp³-hybridized carbons (Fsp3) is 0.227. The second kappa shape index (κ2) is 8.18. The lowest BCUT2D eigenvalue weighted by molar-refractivity contribution is -0.131. The number of para-hydroxylation sites is 3. The van der Waals surface area contributed by atoms with Crippen LogP contribution >= 0.6 is 0 Å². The van der Waals surface area contributed by atoms with E-state index < -0.39 is 0 Å². The van der Waals surface area contributed by atoms with Crippen molar-refractivity contribution in [3.8, 4) is 5.75 Å². The molecule has 2 aromatic carbocycles. The van der Waals surface area contributed by atoms with Crippen LogP contribution in [0.25, 0.3) is 11.0 Å². The molecule has 0 fully saturated rings. The van der Waals surface area contributed by atoms with Crippen molar-refractivity contribution in [1.29, 1.82) is 0 Å². The van der Waals surface area contributed by atoms with E-state index in [9.17, 15) is 4.79 Å². The van der Waals surface area contributed by atoms with E-state index in [2.05, 4.69) is 10.1 Å². The van der Waals surface area contributed by atoms with Crippen LogP contribution in [0.5, 0.6) is 5.75 Å². The quantitative estimate of drug-likeness (QED) is 0.482. The largest absolute Gasteiger partial charge is 0.486 e. The van der Waals surface area contributed by atoms with Crippen molar-refractivity contribution in [1.82, 2.24) is 19.6 Å². The number of nitrogens with zero attached hydrogens (tertiary/aromatic N) is 4. The molecule has 0 atom stereocenters. The zero-order chi connectivity index (χ0) is 20.2. The highest BCUT2D eigenvalue weighted by atomic mass is 16.5. The second-order valence-corrected chi connectivity index (χ2v) is 6.88. The number of imidazole rings is 1. The van der Waals surface area contributed by atoms with Gasteiger partial charge in [0.15, 0.2) is 0 Å². The van der Waals surface area contributed by atoms with E-state index in [0.717, 1.165) is 28.2 Å². The van der Waals surface area contributed by atoms with Crippen molar-refractivity contribution in [2.45, 2.75) is 26.6 Å². The molecule has 4 aromatic rings. The molecule has 7 heteroatoms. The monoisotopic (exact) mass is 390 g/mol. The summed E-state index contributed by atoms with van der Waals surface area (Å²) in [6.07, 6.45) is 0. The zero-order valence-electron chi connectivity index (χ0n) is 16.4. The van der Waals surface area contributed by atoms with E-state index in [4.69, 9.17) is 9.26 Å². The molecule has 0 radical (unpaired) electrons. The molecule has 4 rings (SSSR count). The van der Waals surface area contributed by atoms with Crippen LogP contribution < -0.4 is 4.74 Å². The van der Waals surface area contributed by atoms with Gasteiger partial charge in [0, 0.05) is 13.1 Å². The number of hydrogen-bond acceptors (Lipinski definition) is 5. The van der Waals surface area contributed by atoms with Gasteiger partial charge in [-0.15, -0.1) is 0 Å². The van der Waals surface area contributed by atoms with Gasteiger partial charge in [-0.05, 0) is 31.2 Å². The van der Waals surface area contributed by atoms with Crippen molar-refractivity contribution in [3.63, 3.8) is 0 Å². The molecule has 0 unspecified atom stereocenters. The number of carbonyl (C=O) groups excluding carboxylic acids is 1. The van der Waals surface area contributed by atoms with Crippen molar-refractivity contribution in [2.75, 3.05) is 7.05 Å². The summed E-state index contributed by atoms with van der Waals surface area (Å²) < 4.78 is 12.9. The van der Waals surface area contributed by atoms with E-state index >= 15 is 0 Å². The lowest BCUT2D eigenvalue weighted by Gasteiger charge is -2.17. The molecule has 0 spiro atoms. The summed E-state index contributed by atoms with van der Waals surface area (Å²) in [6.45, 7) is 2.66. The third kappa shape index (κ3) is 4.29. The van der Waals surface area contributed by atoms with Crippen molar-refractivity contribution in [2.24, 2.45) is 0 Å². The van der Waals surface area contributed by atoms with Crippen molar-refractivity contribution < 1.29 is 14.1 Å². The number of fused-ring (bicyclic) bond motifs is 1. The van der Waals surface area contributed by atoms with Crippen LogP contribution in [0.4, 0.5) is 0 Å². The first-order valence-corrected chi connectivity index (χ1v) is 9.38. The summed E-state index contributed by atoms with van der Waals surface area (Å²) in [6, 6.07) is 19.2. The molecule has 0 saturated heterocycles. The van der Waals surface area contributed by atoms with Gasteiger partial charge in [0.2, 0.25) is 5.91 Å². The minimum absolute atomic E-state index is 0.0465. The summed E-state index contributed by atoms with van der Waals surface area (Å²) in [5, 5.41) is 3.96. The Morgan fingerprint density at radius 2 is 1.90 bits per heavy atom. The van der Waals surface area contributed by atoms with E-state index in [1.807, 2.05) is 72.2 Å². The van der Waals surface area contributed by atoms with Gasteiger partial charge in [-0.3, -0.25) is 4.79 Å². The van der Waals surface area contributed by atoms with Gasteiger partial charge in [0.05, 0.1) is 17.6 Å². The van der Waals surface area contributed by atoms with E-state index in [-0.39, 0.29) is 19.1 Å². The lowest BCUT2D eigenvalue weighted by atomic mass is 10.3. The number of carbonyl (C=O) groups is 1. The number of aromatic nitrogens is 3. The molecular weight excluding hydrogens is 368 g/mol. The first kappa shape index (κ1) is 18.7. The summed E-state index contributed by atoms with van der Waals surface area (Å²) >= 11 is 0. The fourth-order valence-corrected chi connectivity index (χ4v) is 3.16. The molecule has 0 saturated carbocycles. The number of hydrogen-bond donors (Lipinski definition) is 0. The van der Waals surface area contributed by atoms with Gasteiger partial charge in [-0.2, -0.15) is 0 Å². The van der Waals surface area contributed by atoms with Gasteiger partial charge in [0.25, 0.3) is 0 Å². The molecule has 0 N–H and O–H groups in total. The SMILES string of the molecule is Cc1cc(CN(C)C(=O)Cn2c(COc3ccccc3)nc3ccccc32)no1. The summed E-state index contributed by atoms with van der Waals surface area (Å²) in [4.78, 5) is 19.2. The maximum Gasteiger partial charge on any atom is 0.242 e. The fourth-order valence-electron chi connectivity index (χ4n) is 3.16. The number of likely N-dealkylation sites (N-methyl/N-ethyl adjacent to an activating group) is 1. The van der Waals surface area contributed by atoms with Crippen LogP contribution in [0, 0.1) is 6.92 Å². The summed E-state index contributed by atoms with van der Waals surface area (Å²) in [7, 11) is 1.76. The highest BCUT2D eigenvalue weighted by Gasteiger charge is 2.17. The Labute approximate surface area is 168 Å².